The number of benzene rings is 2. The number of carbonyl (C=O) groups is 1. The van der Waals surface area contributed by atoms with E-state index in [0.717, 1.165) is 35.5 Å². The lowest BCUT2D eigenvalue weighted by Gasteiger charge is -2.28. The maximum atomic E-state index is 12.8. The Kier molecular flexibility index (Phi) is 6.63. The largest absolute Gasteiger partial charge is 0.324 e. The van der Waals surface area contributed by atoms with Gasteiger partial charge in [-0.1, -0.05) is 92.6 Å². The van der Waals surface area contributed by atoms with E-state index in [1.54, 1.807) is 6.20 Å². The Bertz CT molecular complexity index is 919. The van der Waals surface area contributed by atoms with E-state index in [1.807, 2.05) is 30.3 Å². The minimum absolute atomic E-state index is 0.0921. The molecule has 1 heterocycles. The number of nitrogens with zero attached hydrogens (tertiary/aromatic N) is 1. The first-order chi connectivity index (χ1) is 13.5. The van der Waals surface area contributed by atoms with Crippen LogP contribution in [0.4, 0.5) is 5.69 Å². The minimum Gasteiger partial charge on any atom is -0.324 e. The van der Waals surface area contributed by atoms with Gasteiger partial charge < -0.3 is 5.32 Å². The standard InChI is InChI=1S/C24H30N2OSi/c1-4-10-19(18-28(2,3)21-13-6-5-7-14-21)17-23(27)26-22-15-8-11-20-12-9-16-25-24(20)22/h5-9,11-16,19H,4,10,17-18H2,1-3H3,(H,26,27). The Morgan fingerprint density at radius 2 is 1.79 bits per heavy atom. The number of nitrogens with one attached hydrogen (secondary N) is 1. The fourth-order valence-electron chi connectivity index (χ4n) is 4.08. The average Bonchev–Trinajstić information content (AvgIpc) is 2.69. The second kappa shape index (κ2) is 9.15. The first-order valence-electron chi connectivity index (χ1n) is 10.2. The van der Waals surface area contributed by atoms with Gasteiger partial charge in [-0.05, 0) is 18.1 Å². The molecule has 28 heavy (non-hydrogen) atoms. The quantitative estimate of drug-likeness (QED) is 0.509. The van der Waals surface area contributed by atoms with E-state index in [4.69, 9.17) is 0 Å². The molecule has 0 radical (unpaired) electrons. The number of aromatic nitrogens is 1. The maximum absolute atomic E-state index is 12.8. The Morgan fingerprint density at radius 3 is 2.54 bits per heavy atom. The molecule has 146 valence electrons. The molecule has 1 aromatic heterocycles. The highest BCUT2D eigenvalue weighted by molar-refractivity contribution is 6.89. The predicted molar refractivity (Wildman–Crippen MR) is 122 cm³/mol. The lowest BCUT2D eigenvalue weighted by atomic mass is 10.0. The summed E-state index contributed by atoms with van der Waals surface area (Å²) in [6.07, 6.45) is 4.53. The zero-order valence-corrected chi connectivity index (χ0v) is 18.1. The zero-order chi connectivity index (χ0) is 20.0. The monoisotopic (exact) mass is 390 g/mol. The summed E-state index contributed by atoms with van der Waals surface area (Å²) in [7, 11) is -1.57. The van der Waals surface area contributed by atoms with Gasteiger partial charge in [-0.25, -0.2) is 0 Å². The molecule has 0 aliphatic rings. The van der Waals surface area contributed by atoms with Crippen LogP contribution in [0.3, 0.4) is 0 Å². The highest BCUT2D eigenvalue weighted by Crippen LogP contribution is 2.26. The normalized spacial score (nSPS) is 12.7. The van der Waals surface area contributed by atoms with Gasteiger partial charge in [0, 0.05) is 18.0 Å². The SMILES string of the molecule is CCCC(CC(=O)Nc1cccc2cccnc12)C[Si](C)(C)c1ccccc1. The van der Waals surface area contributed by atoms with E-state index in [2.05, 4.69) is 60.7 Å². The zero-order valence-electron chi connectivity index (χ0n) is 17.1. The molecular weight excluding hydrogens is 360 g/mol. The fraction of sp³-hybridized carbons (Fsp3) is 0.333. The number of carbonyl (C=O) groups excluding carboxylic acids is 1. The number of pyridine rings is 1. The summed E-state index contributed by atoms with van der Waals surface area (Å²) in [5.74, 6) is 0.504. The van der Waals surface area contributed by atoms with Crippen molar-refractivity contribution >= 4 is 35.8 Å². The van der Waals surface area contributed by atoms with E-state index in [-0.39, 0.29) is 5.91 Å². The Labute approximate surface area is 169 Å². The maximum Gasteiger partial charge on any atom is 0.224 e. The first-order valence-corrected chi connectivity index (χ1v) is 13.4. The highest BCUT2D eigenvalue weighted by Gasteiger charge is 2.28. The van der Waals surface area contributed by atoms with Crippen molar-refractivity contribution in [1.29, 1.82) is 0 Å². The molecule has 3 aromatic rings. The van der Waals surface area contributed by atoms with Crippen molar-refractivity contribution in [1.82, 2.24) is 4.98 Å². The van der Waals surface area contributed by atoms with E-state index >= 15 is 0 Å². The topological polar surface area (TPSA) is 42.0 Å². The summed E-state index contributed by atoms with van der Waals surface area (Å²) in [4.78, 5) is 17.3. The van der Waals surface area contributed by atoms with Crippen molar-refractivity contribution in [3.63, 3.8) is 0 Å². The summed E-state index contributed by atoms with van der Waals surface area (Å²) in [5.41, 5.74) is 1.65. The molecule has 0 aliphatic heterocycles. The molecule has 1 amide bonds. The third kappa shape index (κ3) is 5.07. The summed E-state index contributed by atoms with van der Waals surface area (Å²) in [6, 6.07) is 21.8. The summed E-state index contributed by atoms with van der Waals surface area (Å²) >= 11 is 0. The van der Waals surface area contributed by atoms with Crippen molar-refractivity contribution in [2.24, 2.45) is 5.92 Å². The molecule has 3 nitrogen and oxygen atoms in total. The van der Waals surface area contributed by atoms with E-state index in [1.165, 1.54) is 5.19 Å². The van der Waals surface area contributed by atoms with Gasteiger partial charge >= 0.3 is 0 Å². The molecule has 4 heteroatoms. The molecule has 0 bridgehead atoms. The van der Waals surface area contributed by atoms with Crippen LogP contribution in [0, 0.1) is 5.92 Å². The van der Waals surface area contributed by atoms with Crippen molar-refractivity contribution in [2.45, 2.75) is 45.3 Å². The second-order valence-corrected chi connectivity index (χ2v) is 13.0. The van der Waals surface area contributed by atoms with Gasteiger partial charge in [0.2, 0.25) is 5.91 Å². The molecule has 3 rings (SSSR count). The van der Waals surface area contributed by atoms with Crippen LogP contribution in [0.5, 0.6) is 0 Å². The molecule has 0 saturated carbocycles. The number of rotatable bonds is 8. The number of hydrogen-bond donors (Lipinski definition) is 1. The van der Waals surface area contributed by atoms with Crippen LogP contribution in [0.1, 0.15) is 26.2 Å². The third-order valence-electron chi connectivity index (χ3n) is 5.43. The van der Waals surface area contributed by atoms with E-state index in [9.17, 15) is 4.79 Å². The molecule has 0 aliphatic carbocycles. The lowest BCUT2D eigenvalue weighted by molar-refractivity contribution is -0.117. The Hall–Kier alpha value is -2.46. The van der Waals surface area contributed by atoms with Crippen molar-refractivity contribution in [2.75, 3.05) is 5.32 Å². The summed E-state index contributed by atoms with van der Waals surface area (Å²) in [5, 5.41) is 5.63. The Balaban J connectivity index is 1.70. The molecule has 1 N–H and O–H groups in total. The summed E-state index contributed by atoms with van der Waals surface area (Å²) < 4.78 is 0. The van der Waals surface area contributed by atoms with Crippen LogP contribution in [-0.4, -0.2) is 19.0 Å². The van der Waals surface area contributed by atoms with Crippen LogP contribution < -0.4 is 10.5 Å². The number of anilines is 1. The lowest BCUT2D eigenvalue weighted by Crippen LogP contribution is -2.43. The molecule has 0 saturated heterocycles. The van der Waals surface area contributed by atoms with Crippen LogP contribution >= 0.6 is 0 Å². The second-order valence-electron chi connectivity index (χ2n) is 8.24. The van der Waals surface area contributed by atoms with Gasteiger partial charge in [0.15, 0.2) is 0 Å². The molecule has 0 spiro atoms. The van der Waals surface area contributed by atoms with Crippen molar-refractivity contribution < 1.29 is 4.79 Å². The molecular formula is C24H30N2OSi. The number of amides is 1. The van der Waals surface area contributed by atoms with Gasteiger partial charge in [0.05, 0.1) is 19.3 Å². The number of hydrogen-bond acceptors (Lipinski definition) is 2. The van der Waals surface area contributed by atoms with Gasteiger partial charge in [0.25, 0.3) is 0 Å². The van der Waals surface area contributed by atoms with E-state index < -0.39 is 8.07 Å². The smallest absolute Gasteiger partial charge is 0.224 e. The van der Waals surface area contributed by atoms with Crippen LogP contribution in [0.15, 0.2) is 66.9 Å². The number of para-hydroxylation sites is 1. The van der Waals surface area contributed by atoms with Crippen LogP contribution in [-0.2, 0) is 4.79 Å². The third-order valence-corrected chi connectivity index (χ3v) is 8.93. The average molecular weight is 391 g/mol. The van der Waals surface area contributed by atoms with Crippen LogP contribution in [0.25, 0.3) is 10.9 Å². The Morgan fingerprint density at radius 1 is 1.04 bits per heavy atom. The van der Waals surface area contributed by atoms with Gasteiger partial charge in [0.1, 0.15) is 0 Å². The first kappa shape index (κ1) is 20.3. The van der Waals surface area contributed by atoms with E-state index in [0.29, 0.717) is 12.3 Å². The minimum atomic E-state index is -1.57. The fourth-order valence-corrected chi connectivity index (χ4v) is 7.20. The molecule has 0 fully saturated rings. The van der Waals surface area contributed by atoms with Crippen molar-refractivity contribution in [3.8, 4) is 0 Å². The molecule has 1 unspecified atom stereocenters. The highest BCUT2D eigenvalue weighted by atomic mass is 28.3. The summed E-state index contributed by atoms with van der Waals surface area (Å²) in [6.45, 7) is 7.03. The predicted octanol–water partition coefficient (Wildman–Crippen LogP) is 5.60. The van der Waals surface area contributed by atoms with Crippen LogP contribution in [0.2, 0.25) is 19.1 Å². The van der Waals surface area contributed by atoms with Gasteiger partial charge in [-0.2, -0.15) is 0 Å². The number of fused-ring (bicyclic) bond motifs is 1. The van der Waals surface area contributed by atoms with Crippen molar-refractivity contribution in [3.05, 3.63) is 66.9 Å². The van der Waals surface area contributed by atoms with Gasteiger partial charge in [-0.15, -0.1) is 0 Å². The van der Waals surface area contributed by atoms with Gasteiger partial charge in [-0.3, -0.25) is 9.78 Å². The molecule has 2 aromatic carbocycles. The molecule has 1 atom stereocenters.